The Morgan fingerprint density at radius 2 is 1.95 bits per heavy atom. The van der Waals surface area contributed by atoms with E-state index in [-0.39, 0.29) is 0 Å². The molecule has 4 heteroatoms. The largest absolute Gasteiger partial charge is 0.321 e. The minimum absolute atomic E-state index is 0.891. The molecule has 1 N–H and O–H groups in total. The molecule has 0 bridgehead atoms. The minimum Gasteiger partial charge on any atom is -0.321 e. The number of aromatic nitrogens is 1. The zero-order valence-corrected chi connectivity index (χ0v) is 12.8. The second-order valence-corrected chi connectivity index (χ2v) is 5.71. The van der Waals surface area contributed by atoms with E-state index in [9.17, 15) is 0 Å². The molecular formula is C15H21N3S. The van der Waals surface area contributed by atoms with Gasteiger partial charge in [-0.2, -0.15) is 0 Å². The Labute approximate surface area is 119 Å². The van der Waals surface area contributed by atoms with Gasteiger partial charge >= 0.3 is 0 Å². The van der Waals surface area contributed by atoms with E-state index < -0.39 is 0 Å². The highest BCUT2D eigenvalue weighted by Crippen LogP contribution is 2.30. The van der Waals surface area contributed by atoms with Crippen LogP contribution >= 0.6 is 11.3 Å². The van der Waals surface area contributed by atoms with E-state index in [0.29, 0.717) is 0 Å². The molecule has 0 spiro atoms. The van der Waals surface area contributed by atoms with Crippen LogP contribution in [-0.2, 0) is 13.0 Å². The van der Waals surface area contributed by atoms with Crippen molar-refractivity contribution in [2.24, 2.45) is 0 Å². The topological polar surface area (TPSA) is 28.2 Å². The van der Waals surface area contributed by atoms with Crippen LogP contribution in [0.15, 0.2) is 24.3 Å². The number of nitrogens with zero attached hydrogens (tertiary/aromatic N) is 2. The number of nitrogens with one attached hydrogen (secondary N) is 1. The Kier molecular flexibility index (Phi) is 4.56. The third-order valence-corrected chi connectivity index (χ3v) is 4.32. The van der Waals surface area contributed by atoms with E-state index in [0.717, 1.165) is 18.1 Å². The molecule has 1 aromatic heterocycles. The van der Waals surface area contributed by atoms with E-state index >= 15 is 0 Å². The SMILES string of the molecule is CCc1nc(N(C)c2ccc(C)cc2)sc1CNC. The summed E-state index contributed by atoms with van der Waals surface area (Å²) in [6, 6.07) is 8.55. The summed E-state index contributed by atoms with van der Waals surface area (Å²) in [4.78, 5) is 8.24. The van der Waals surface area contributed by atoms with Crippen LogP contribution in [0.5, 0.6) is 0 Å². The number of rotatable bonds is 5. The molecule has 2 rings (SSSR count). The molecule has 0 atom stereocenters. The summed E-state index contributed by atoms with van der Waals surface area (Å²) in [5.41, 5.74) is 3.66. The standard InChI is InChI=1S/C15H21N3S/c1-5-13-14(10-16-3)19-15(17-13)18(4)12-8-6-11(2)7-9-12/h6-9,16H,5,10H2,1-4H3. The van der Waals surface area contributed by atoms with Crippen LogP contribution < -0.4 is 10.2 Å². The second-order valence-electron chi connectivity index (χ2n) is 4.64. The van der Waals surface area contributed by atoms with Crippen molar-refractivity contribution in [2.45, 2.75) is 26.8 Å². The highest BCUT2D eigenvalue weighted by molar-refractivity contribution is 7.15. The van der Waals surface area contributed by atoms with Crippen molar-refractivity contribution in [3.63, 3.8) is 0 Å². The summed E-state index contributed by atoms with van der Waals surface area (Å²) in [7, 11) is 4.05. The number of anilines is 2. The summed E-state index contributed by atoms with van der Waals surface area (Å²) in [5, 5.41) is 4.27. The van der Waals surface area contributed by atoms with E-state index in [1.807, 2.05) is 7.05 Å². The van der Waals surface area contributed by atoms with Crippen LogP contribution in [0.4, 0.5) is 10.8 Å². The normalized spacial score (nSPS) is 10.7. The van der Waals surface area contributed by atoms with Crippen LogP contribution in [0.25, 0.3) is 0 Å². The molecule has 1 heterocycles. The highest BCUT2D eigenvalue weighted by atomic mass is 32.1. The molecule has 0 radical (unpaired) electrons. The van der Waals surface area contributed by atoms with Gasteiger partial charge in [0.2, 0.25) is 0 Å². The lowest BCUT2D eigenvalue weighted by molar-refractivity contribution is 0.814. The van der Waals surface area contributed by atoms with Gasteiger partial charge in [0, 0.05) is 24.2 Å². The molecule has 0 amide bonds. The lowest BCUT2D eigenvalue weighted by Crippen LogP contribution is -2.08. The smallest absolute Gasteiger partial charge is 0.190 e. The lowest BCUT2D eigenvalue weighted by atomic mass is 10.2. The lowest BCUT2D eigenvalue weighted by Gasteiger charge is -2.15. The van der Waals surface area contributed by atoms with Crippen molar-refractivity contribution in [1.82, 2.24) is 10.3 Å². The molecule has 0 saturated carbocycles. The van der Waals surface area contributed by atoms with Crippen molar-refractivity contribution < 1.29 is 0 Å². The van der Waals surface area contributed by atoms with Crippen LogP contribution in [0.3, 0.4) is 0 Å². The van der Waals surface area contributed by atoms with Gasteiger partial charge in [0.15, 0.2) is 5.13 Å². The zero-order chi connectivity index (χ0) is 13.8. The Morgan fingerprint density at radius 3 is 2.53 bits per heavy atom. The first-order chi connectivity index (χ1) is 9.15. The number of hydrogen-bond acceptors (Lipinski definition) is 4. The van der Waals surface area contributed by atoms with Crippen molar-refractivity contribution in [3.05, 3.63) is 40.4 Å². The Bertz CT molecular complexity index is 531. The number of thiazole rings is 1. The summed E-state index contributed by atoms with van der Waals surface area (Å²) >= 11 is 1.77. The van der Waals surface area contributed by atoms with Gasteiger partial charge in [0.05, 0.1) is 5.69 Å². The van der Waals surface area contributed by atoms with Crippen LogP contribution in [0, 0.1) is 6.92 Å². The van der Waals surface area contributed by atoms with Crippen molar-refractivity contribution in [3.8, 4) is 0 Å². The van der Waals surface area contributed by atoms with Crippen LogP contribution in [-0.4, -0.2) is 19.1 Å². The summed E-state index contributed by atoms with van der Waals surface area (Å²) in [5.74, 6) is 0. The summed E-state index contributed by atoms with van der Waals surface area (Å²) in [6.07, 6.45) is 0.981. The molecule has 2 aromatic rings. The number of aryl methyl sites for hydroxylation is 2. The van der Waals surface area contributed by atoms with E-state index in [4.69, 9.17) is 4.98 Å². The molecule has 1 aromatic carbocycles. The summed E-state index contributed by atoms with van der Waals surface area (Å²) < 4.78 is 0. The molecular weight excluding hydrogens is 254 g/mol. The predicted octanol–water partition coefficient (Wildman–Crippen LogP) is 3.50. The van der Waals surface area contributed by atoms with Crippen molar-refractivity contribution in [2.75, 3.05) is 19.0 Å². The van der Waals surface area contributed by atoms with Crippen molar-refractivity contribution >= 4 is 22.2 Å². The third kappa shape index (κ3) is 3.14. The third-order valence-electron chi connectivity index (χ3n) is 3.15. The quantitative estimate of drug-likeness (QED) is 0.905. The van der Waals surface area contributed by atoms with Gasteiger partial charge in [0.25, 0.3) is 0 Å². The van der Waals surface area contributed by atoms with Gasteiger partial charge < -0.3 is 10.2 Å². The van der Waals surface area contributed by atoms with Gasteiger partial charge in [-0.1, -0.05) is 36.0 Å². The fourth-order valence-corrected chi connectivity index (χ4v) is 3.11. The number of benzene rings is 1. The maximum atomic E-state index is 4.75. The molecule has 3 nitrogen and oxygen atoms in total. The highest BCUT2D eigenvalue weighted by Gasteiger charge is 2.13. The monoisotopic (exact) mass is 275 g/mol. The van der Waals surface area contributed by atoms with Gasteiger partial charge in [-0.15, -0.1) is 0 Å². The first kappa shape index (κ1) is 14.0. The van der Waals surface area contributed by atoms with Crippen LogP contribution in [0.2, 0.25) is 0 Å². The average molecular weight is 275 g/mol. The van der Waals surface area contributed by atoms with Gasteiger partial charge in [-0.05, 0) is 32.5 Å². The average Bonchev–Trinajstić information content (AvgIpc) is 2.82. The van der Waals surface area contributed by atoms with Gasteiger partial charge in [-0.25, -0.2) is 4.98 Å². The summed E-state index contributed by atoms with van der Waals surface area (Å²) in [6.45, 7) is 5.15. The van der Waals surface area contributed by atoms with E-state index in [1.165, 1.54) is 21.8 Å². The minimum atomic E-state index is 0.891. The van der Waals surface area contributed by atoms with Gasteiger partial charge in [-0.3, -0.25) is 0 Å². The van der Waals surface area contributed by atoms with Crippen LogP contribution in [0.1, 0.15) is 23.1 Å². The van der Waals surface area contributed by atoms with E-state index in [1.54, 1.807) is 11.3 Å². The molecule has 0 aliphatic carbocycles. The maximum Gasteiger partial charge on any atom is 0.190 e. The molecule has 0 unspecified atom stereocenters. The molecule has 0 fully saturated rings. The molecule has 0 saturated heterocycles. The van der Waals surface area contributed by atoms with E-state index in [2.05, 4.69) is 55.4 Å². The maximum absolute atomic E-state index is 4.75. The first-order valence-corrected chi connectivity index (χ1v) is 7.41. The Hall–Kier alpha value is -1.39. The number of hydrogen-bond donors (Lipinski definition) is 1. The Balaban J connectivity index is 2.28. The second kappa shape index (κ2) is 6.17. The fourth-order valence-electron chi connectivity index (χ4n) is 1.97. The zero-order valence-electron chi connectivity index (χ0n) is 12.0. The molecule has 19 heavy (non-hydrogen) atoms. The first-order valence-electron chi connectivity index (χ1n) is 6.59. The predicted molar refractivity (Wildman–Crippen MR) is 83.5 cm³/mol. The van der Waals surface area contributed by atoms with Crippen molar-refractivity contribution in [1.29, 1.82) is 0 Å². The fraction of sp³-hybridized carbons (Fsp3) is 0.400. The molecule has 102 valence electrons. The Morgan fingerprint density at radius 1 is 1.26 bits per heavy atom. The molecule has 0 aliphatic heterocycles. The molecule has 0 aliphatic rings. The van der Waals surface area contributed by atoms with Gasteiger partial charge in [0.1, 0.15) is 0 Å².